The van der Waals surface area contributed by atoms with Crippen molar-refractivity contribution in [3.05, 3.63) is 48.0 Å². The van der Waals surface area contributed by atoms with Gasteiger partial charge in [-0.15, -0.1) is 0 Å². The van der Waals surface area contributed by atoms with E-state index in [1.54, 1.807) is 6.07 Å². The first-order chi connectivity index (χ1) is 11.9. The number of nitrogens with one attached hydrogen (secondary N) is 2. The molecule has 0 atom stereocenters. The van der Waals surface area contributed by atoms with Crippen LogP contribution in [0.1, 0.15) is 5.56 Å². The Labute approximate surface area is 147 Å². The normalized spacial score (nSPS) is 11.0. The molecule has 0 aliphatic rings. The van der Waals surface area contributed by atoms with Gasteiger partial charge < -0.3 is 14.8 Å². The third kappa shape index (κ3) is 4.94. The Morgan fingerprint density at radius 3 is 2.36 bits per heavy atom. The Balaban J connectivity index is 1.97. The summed E-state index contributed by atoms with van der Waals surface area (Å²) in [7, 11) is -0.637. The number of carbonyl (C=O) groups excluding carboxylic acids is 1. The molecule has 0 spiro atoms. The standard InChI is InChI=1S/C17H20N2O5S/c1-12-4-9-15(16(10-12)23-3)24-11-17(20)19-13-5-7-14(8-6-13)25(21,22)18-2/h4-10,18H,11H2,1-3H3,(H,19,20). The van der Waals surface area contributed by atoms with Crippen LogP contribution in [0.15, 0.2) is 47.4 Å². The van der Waals surface area contributed by atoms with Crippen molar-refractivity contribution in [2.45, 2.75) is 11.8 Å². The minimum atomic E-state index is -3.50. The molecule has 134 valence electrons. The van der Waals surface area contributed by atoms with E-state index in [0.717, 1.165) is 5.56 Å². The predicted octanol–water partition coefficient (Wildman–Crippen LogP) is 1.93. The number of methoxy groups -OCH3 is 1. The third-order valence-corrected chi connectivity index (χ3v) is 4.83. The molecule has 0 saturated carbocycles. The molecule has 2 aromatic rings. The van der Waals surface area contributed by atoms with Crippen LogP contribution in [0.5, 0.6) is 11.5 Å². The van der Waals surface area contributed by atoms with Crippen LogP contribution in [0.25, 0.3) is 0 Å². The number of rotatable bonds is 7. The summed E-state index contributed by atoms with van der Waals surface area (Å²) in [5, 5.41) is 2.64. The van der Waals surface area contributed by atoms with E-state index in [2.05, 4.69) is 10.0 Å². The molecule has 7 nitrogen and oxygen atoms in total. The highest BCUT2D eigenvalue weighted by molar-refractivity contribution is 7.89. The number of benzene rings is 2. The molecule has 0 aliphatic carbocycles. The Hall–Kier alpha value is -2.58. The zero-order chi connectivity index (χ0) is 18.4. The summed E-state index contributed by atoms with van der Waals surface area (Å²) in [5.41, 5.74) is 1.49. The van der Waals surface area contributed by atoms with Crippen molar-refractivity contribution in [2.75, 3.05) is 26.1 Å². The molecule has 8 heteroatoms. The van der Waals surface area contributed by atoms with Gasteiger partial charge in [0, 0.05) is 5.69 Å². The van der Waals surface area contributed by atoms with E-state index < -0.39 is 10.0 Å². The molecule has 0 aromatic heterocycles. The first-order valence-corrected chi connectivity index (χ1v) is 8.95. The van der Waals surface area contributed by atoms with E-state index in [4.69, 9.17) is 9.47 Å². The number of amides is 1. The Bertz CT molecular complexity index is 848. The van der Waals surface area contributed by atoms with Gasteiger partial charge in [0.15, 0.2) is 18.1 Å². The van der Waals surface area contributed by atoms with Gasteiger partial charge in [0.2, 0.25) is 10.0 Å². The maximum Gasteiger partial charge on any atom is 0.262 e. The summed E-state index contributed by atoms with van der Waals surface area (Å²) in [4.78, 5) is 12.1. The second-order valence-corrected chi connectivity index (χ2v) is 7.11. The van der Waals surface area contributed by atoms with Crippen LogP contribution in [0.4, 0.5) is 5.69 Å². The Morgan fingerprint density at radius 2 is 1.76 bits per heavy atom. The van der Waals surface area contributed by atoms with Crippen molar-refractivity contribution in [3.8, 4) is 11.5 Å². The average molecular weight is 364 g/mol. The lowest BCUT2D eigenvalue weighted by atomic mass is 10.2. The maximum absolute atomic E-state index is 12.0. The molecule has 0 unspecified atom stereocenters. The van der Waals surface area contributed by atoms with Crippen molar-refractivity contribution in [3.63, 3.8) is 0 Å². The SMILES string of the molecule is CNS(=O)(=O)c1ccc(NC(=O)COc2ccc(C)cc2OC)cc1. The summed E-state index contributed by atoms with van der Waals surface area (Å²) in [6, 6.07) is 11.2. The monoisotopic (exact) mass is 364 g/mol. The summed E-state index contributed by atoms with van der Waals surface area (Å²) in [6.45, 7) is 1.73. The van der Waals surface area contributed by atoms with Crippen LogP contribution < -0.4 is 19.5 Å². The second-order valence-electron chi connectivity index (χ2n) is 5.22. The van der Waals surface area contributed by atoms with E-state index in [9.17, 15) is 13.2 Å². The largest absolute Gasteiger partial charge is 0.493 e. The van der Waals surface area contributed by atoms with Crippen molar-refractivity contribution in [2.24, 2.45) is 0 Å². The van der Waals surface area contributed by atoms with Crippen molar-refractivity contribution >= 4 is 21.6 Å². The summed E-state index contributed by atoms with van der Waals surface area (Å²) >= 11 is 0. The minimum Gasteiger partial charge on any atom is -0.493 e. The fourth-order valence-electron chi connectivity index (χ4n) is 2.07. The minimum absolute atomic E-state index is 0.119. The van der Waals surface area contributed by atoms with Crippen LogP contribution in [0.2, 0.25) is 0 Å². The second kappa shape index (κ2) is 8.00. The van der Waals surface area contributed by atoms with E-state index in [-0.39, 0.29) is 17.4 Å². The van der Waals surface area contributed by atoms with E-state index in [1.165, 1.54) is 38.4 Å². The number of ether oxygens (including phenoxy) is 2. The lowest BCUT2D eigenvalue weighted by molar-refractivity contribution is -0.118. The molecule has 0 heterocycles. The van der Waals surface area contributed by atoms with Gasteiger partial charge >= 0.3 is 0 Å². The summed E-state index contributed by atoms with van der Waals surface area (Å²) < 4.78 is 36.2. The van der Waals surface area contributed by atoms with Gasteiger partial charge in [-0.05, 0) is 55.9 Å². The number of anilines is 1. The lowest BCUT2D eigenvalue weighted by Gasteiger charge is -2.11. The van der Waals surface area contributed by atoms with E-state index in [1.807, 2.05) is 19.1 Å². The molecule has 1 amide bonds. The highest BCUT2D eigenvalue weighted by Crippen LogP contribution is 2.27. The molecule has 0 fully saturated rings. The zero-order valence-corrected chi connectivity index (χ0v) is 15.0. The number of aryl methyl sites for hydroxylation is 1. The quantitative estimate of drug-likeness (QED) is 0.783. The fourth-order valence-corrected chi connectivity index (χ4v) is 2.80. The molecule has 2 N–H and O–H groups in total. The van der Waals surface area contributed by atoms with E-state index >= 15 is 0 Å². The molecule has 0 aliphatic heterocycles. The molecule has 25 heavy (non-hydrogen) atoms. The Kier molecular flexibility index (Phi) is 6.00. The molecular formula is C17H20N2O5S. The van der Waals surface area contributed by atoms with Crippen LogP contribution in [0, 0.1) is 6.92 Å². The van der Waals surface area contributed by atoms with Crippen molar-refractivity contribution < 1.29 is 22.7 Å². The van der Waals surface area contributed by atoms with Gasteiger partial charge in [0.25, 0.3) is 5.91 Å². The third-order valence-electron chi connectivity index (χ3n) is 3.39. The van der Waals surface area contributed by atoms with Crippen LogP contribution >= 0.6 is 0 Å². The van der Waals surface area contributed by atoms with Crippen LogP contribution in [-0.2, 0) is 14.8 Å². The number of hydrogen-bond donors (Lipinski definition) is 2. The topological polar surface area (TPSA) is 93.7 Å². The number of hydrogen-bond acceptors (Lipinski definition) is 5. The van der Waals surface area contributed by atoms with Gasteiger partial charge in [-0.3, -0.25) is 4.79 Å². The number of carbonyl (C=O) groups is 1. The smallest absolute Gasteiger partial charge is 0.262 e. The number of sulfonamides is 1. The van der Waals surface area contributed by atoms with Gasteiger partial charge in [0.05, 0.1) is 12.0 Å². The summed E-state index contributed by atoms with van der Waals surface area (Å²) in [5.74, 6) is 0.653. The van der Waals surface area contributed by atoms with Crippen molar-refractivity contribution in [1.29, 1.82) is 0 Å². The highest BCUT2D eigenvalue weighted by atomic mass is 32.2. The molecule has 0 radical (unpaired) electrons. The van der Waals surface area contributed by atoms with Gasteiger partial charge in [0.1, 0.15) is 0 Å². The van der Waals surface area contributed by atoms with Gasteiger partial charge in [-0.2, -0.15) is 0 Å². The molecule has 0 saturated heterocycles. The molecule has 2 rings (SSSR count). The van der Waals surface area contributed by atoms with E-state index in [0.29, 0.717) is 17.2 Å². The van der Waals surface area contributed by atoms with Gasteiger partial charge in [-0.25, -0.2) is 13.1 Å². The highest BCUT2D eigenvalue weighted by Gasteiger charge is 2.12. The zero-order valence-electron chi connectivity index (χ0n) is 14.2. The van der Waals surface area contributed by atoms with Crippen molar-refractivity contribution in [1.82, 2.24) is 4.72 Å². The van der Waals surface area contributed by atoms with Crippen LogP contribution in [-0.4, -0.2) is 35.1 Å². The first-order valence-electron chi connectivity index (χ1n) is 7.46. The van der Waals surface area contributed by atoms with Crippen LogP contribution in [0.3, 0.4) is 0 Å². The molecule has 0 bridgehead atoms. The molecular weight excluding hydrogens is 344 g/mol. The maximum atomic E-state index is 12.0. The molecule has 2 aromatic carbocycles. The average Bonchev–Trinajstić information content (AvgIpc) is 2.61. The lowest BCUT2D eigenvalue weighted by Crippen LogP contribution is -2.21. The summed E-state index contributed by atoms with van der Waals surface area (Å²) in [6.07, 6.45) is 0. The van der Waals surface area contributed by atoms with Gasteiger partial charge in [-0.1, -0.05) is 6.07 Å². The fraction of sp³-hybridized carbons (Fsp3) is 0.235. The predicted molar refractivity (Wildman–Crippen MR) is 94.5 cm³/mol. The Morgan fingerprint density at radius 1 is 1.08 bits per heavy atom. The first kappa shape index (κ1) is 18.8.